The van der Waals surface area contributed by atoms with E-state index in [-0.39, 0.29) is 18.5 Å². The van der Waals surface area contributed by atoms with Crippen LogP contribution in [0.3, 0.4) is 0 Å². The maximum atomic E-state index is 12.5. The van der Waals surface area contributed by atoms with Crippen LogP contribution in [0.5, 0.6) is 0 Å². The summed E-state index contributed by atoms with van der Waals surface area (Å²) >= 11 is 0. The minimum Gasteiger partial charge on any atom is -0.466 e. The topological polar surface area (TPSA) is 95.9 Å². The Morgan fingerprint density at radius 3 is 1.08 bits per heavy atom. The maximum absolute atomic E-state index is 12.5. The van der Waals surface area contributed by atoms with Gasteiger partial charge in [-0.15, -0.1) is 0 Å². The summed E-state index contributed by atoms with van der Waals surface area (Å²) in [5.41, 5.74) is 0. The normalized spacial score (nSPS) is 13.0. The van der Waals surface area contributed by atoms with E-state index in [1.165, 1.54) is 231 Å². The number of ether oxygens (including phenoxy) is 1. The number of aliphatic hydroxyl groups excluding tert-OH is 2. The van der Waals surface area contributed by atoms with Gasteiger partial charge >= 0.3 is 5.97 Å². The maximum Gasteiger partial charge on any atom is 0.305 e. The van der Waals surface area contributed by atoms with E-state index in [2.05, 4.69) is 67.8 Å². The van der Waals surface area contributed by atoms with Gasteiger partial charge in [0.15, 0.2) is 0 Å². The zero-order valence-corrected chi connectivity index (χ0v) is 48.6. The molecule has 0 heterocycles. The second-order valence-electron chi connectivity index (χ2n) is 21.7. The minimum atomic E-state index is -0.853. The van der Waals surface area contributed by atoms with Crippen LogP contribution in [-0.4, -0.2) is 47.4 Å². The Kier molecular flexibility index (Phi) is 60.0. The van der Waals surface area contributed by atoms with Crippen molar-refractivity contribution in [2.75, 3.05) is 13.2 Å². The van der Waals surface area contributed by atoms with Gasteiger partial charge in [0.1, 0.15) is 0 Å². The second kappa shape index (κ2) is 62.1. The molecule has 0 aliphatic carbocycles. The van der Waals surface area contributed by atoms with Crippen LogP contribution in [0.15, 0.2) is 60.8 Å². The van der Waals surface area contributed by atoms with Crippen molar-refractivity contribution in [3.8, 4) is 0 Å². The number of hydrogen-bond acceptors (Lipinski definition) is 5. The van der Waals surface area contributed by atoms with E-state index in [1.54, 1.807) is 6.08 Å². The van der Waals surface area contributed by atoms with E-state index < -0.39 is 12.1 Å². The summed E-state index contributed by atoms with van der Waals surface area (Å²) < 4.78 is 5.47. The molecular weight excluding hydrogens is 899 g/mol. The monoisotopic (exact) mass is 1020 g/mol. The Hall–Kier alpha value is -2.44. The highest BCUT2D eigenvalue weighted by Crippen LogP contribution is 2.17. The van der Waals surface area contributed by atoms with Gasteiger partial charge in [-0.2, -0.15) is 0 Å². The molecule has 426 valence electrons. The predicted molar refractivity (Wildman–Crippen MR) is 319 cm³/mol. The molecule has 0 saturated heterocycles. The highest BCUT2D eigenvalue weighted by atomic mass is 16.5. The fourth-order valence-electron chi connectivity index (χ4n) is 9.56. The van der Waals surface area contributed by atoms with Gasteiger partial charge in [0.2, 0.25) is 5.91 Å². The zero-order valence-electron chi connectivity index (χ0n) is 48.6. The van der Waals surface area contributed by atoms with Crippen molar-refractivity contribution in [1.82, 2.24) is 5.32 Å². The summed E-state index contributed by atoms with van der Waals surface area (Å²) in [4.78, 5) is 24.5. The van der Waals surface area contributed by atoms with Crippen LogP contribution >= 0.6 is 0 Å². The van der Waals surface area contributed by atoms with Crippen LogP contribution in [0.25, 0.3) is 0 Å². The van der Waals surface area contributed by atoms with Gasteiger partial charge < -0.3 is 20.3 Å². The number of unbranched alkanes of at least 4 members (excludes halogenated alkanes) is 40. The minimum absolute atomic E-state index is 0.00857. The Morgan fingerprint density at radius 2 is 0.699 bits per heavy atom. The van der Waals surface area contributed by atoms with Crippen molar-refractivity contribution in [1.29, 1.82) is 0 Å². The molecule has 0 aliphatic heterocycles. The number of carbonyl (C=O) groups excluding carboxylic acids is 2. The van der Waals surface area contributed by atoms with Crippen LogP contribution in [-0.2, 0) is 14.3 Å². The molecule has 0 saturated carbocycles. The van der Waals surface area contributed by atoms with Crippen LogP contribution in [0.2, 0.25) is 0 Å². The first kappa shape index (κ1) is 70.6. The molecule has 0 radical (unpaired) electrons. The average molecular weight is 1020 g/mol. The van der Waals surface area contributed by atoms with Crippen LogP contribution < -0.4 is 5.32 Å². The molecule has 0 aromatic heterocycles. The van der Waals surface area contributed by atoms with Gasteiger partial charge in [0.05, 0.1) is 25.4 Å². The molecule has 0 aliphatic rings. The molecule has 0 aromatic rings. The van der Waals surface area contributed by atoms with Crippen molar-refractivity contribution in [3.05, 3.63) is 60.8 Å². The predicted octanol–water partition coefficient (Wildman–Crippen LogP) is 20.3. The number of aliphatic hydroxyl groups is 2. The van der Waals surface area contributed by atoms with Gasteiger partial charge in [-0.3, -0.25) is 9.59 Å². The van der Waals surface area contributed by atoms with Crippen molar-refractivity contribution in [3.63, 3.8) is 0 Å². The third-order valence-corrected chi connectivity index (χ3v) is 14.5. The largest absolute Gasteiger partial charge is 0.466 e. The van der Waals surface area contributed by atoms with E-state index >= 15 is 0 Å². The first-order valence-corrected chi connectivity index (χ1v) is 32.1. The van der Waals surface area contributed by atoms with Crippen LogP contribution in [0, 0.1) is 0 Å². The highest BCUT2D eigenvalue weighted by molar-refractivity contribution is 5.76. The van der Waals surface area contributed by atoms with Gasteiger partial charge in [-0.05, 0) is 89.9 Å². The van der Waals surface area contributed by atoms with E-state index in [1.807, 2.05) is 6.08 Å². The fraction of sp³-hybridized carbons (Fsp3) is 0.821. The summed E-state index contributed by atoms with van der Waals surface area (Å²) in [5.74, 6) is -0.0859. The van der Waals surface area contributed by atoms with E-state index in [0.717, 1.165) is 70.6 Å². The lowest BCUT2D eigenvalue weighted by atomic mass is 10.0. The van der Waals surface area contributed by atoms with Crippen molar-refractivity contribution >= 4 is 11.9 Å². The molecule has 0 bridgehead atoms. The number of amides is 1. The fourth-order valence-corrected chi connectivity index (χ4v) is 9.56. The Balaban J connectivity index is 3.49. The molecule has 6 heteroatoms. The third kappa shape index (κ3) is 58.7. The summed E-state index contributed by atoms with van der Waals surface area (Å²) in [7, 11) is 0. The quantitative estimate of drug-likeness (QED) is 0.0320. The lowest BCUT2D eigenvalue weighted by molar-refractivity contribution is -0.143. The van der Waals surface area contributed by atoms with E-state index in [4.69, 9.17) is 4.74 Å². The van der Waals surface area contributed by atoms with E-state index in [9.17, 15) is 19.8 Å². The van der Waals surface area contributed by atoms with Crippen molar-refractivity contribution < 1.29 is 24.5 Å². The number of allylic oxidation sites excluding steroid dienone is 9. The molecule has 1 amide bonds. The van der Waals surface area contributed by atoms with Gasteiger partial charge in [0, 0.05) is 12.8 Å². The molecule has 6 nitrogen and oxygen atoms in total. The molecule has 0 aromatic carbocycles. The van der Waals surface area contributed by atoms with Gasteiger partial charge in [-0.25, -0.2) is 0 Å². The zero-order chi connectivity index (χ0) is 52.9. The highest BCUT2D eigenvalue weighted by Gasteiger charge is 2.18. The Morgan fingerprint density at radius 1 is 0.384 bits per heavy atom. The van der Waals surface area contributed by atoms with E-state index in [0.29, 0.717) is 19.4 Å². The number of carbonyl (C=O) groups is 2. The average Bonchev–Trinajstić information content (AvgIpc) is 3.39. The third-order valence-electron chi connectivity index (χ3n) is 14.5. The standard InChI is InChI=1S/C67H123NO5/c1-3-5-7-9-11-13-15-17-19-20-26-29-32-35-39-43-47-51-55-59-65(70)64(63-69)68-66(71)60-56-52-48-44-40-36-33-30-27-24-22-21-23-25-28-31-34-38-42-46-50-54-58-62-73-67(72)61-57-53-49-45-41-37-18-16-14-12-10-8-6-4-2/h10,12,16,18,21,23-24,27,55,59,64-65,69-70H,3-9,11,13-15,17,19-20,22,25-26,28-54,56-58,60-63H2,1-2H3,(H,68,71)/b12-10-,18-16-,23-21-,27-24-,59-55+. The molecule has 3 N–H and O–H groups in total. The molecule has 0 spiro atoms. The van der Waals surface area contributed by atoms with Crippen molar-refractivity contribution in [2.45, 2.75) is 341 Å². The van der Waals surface area contributed by atoms with Gasteiger partial charge in [0.25, 0.3) is 0 Å². The molecule has 0 rings (SSSR count). The molecule has 2 atom stereocenters. The summed E-state index contributed by atoms with van der Waals surface area (Å²) in [6, 6.07) is -0.638. The number of rotatable bonds is 59. The molecular formula is C67H123NO5. The van der Waals surface area contributed by atoms with Crippen molar-refractivity contribution in [2.24, 2.45) is 0 Å². The lowest BCUT2D eigenvalue weighted by Gasteiger charge is -2.20. The number of nitrogens with one attached hydrogen (secondary N) is 1. The van der Waals surface area contributed by atoms with Gasteiger partial charge in [-0.1, -0.05) is 286 Å². The van der Waals surface area contributed by atoms with Crippen LogP contribution in [0.1, 0.15) is 328 Å². The summed E-state index contributed by atoms with van der Waals surface area (Å²) in [6.07, 6.45) is 81.2. The summed E-state index contributed by atoms with van der Waals surface area (Å²) in [6.45, 7) is 4.86. The van der Waals surface area contributed by atoms with Crippen LogP contribution in [0.4, 0.5) is 0 Å². The lowest BCUT2D eigenvalue weighted by Crippen LogP contribution is -2.45. The SMILES string of the molecule is CCCC/C=C\C/C=C\CCCCCCCC(=O)OCCCCCCCCCCC/C=C\C/C=C\CCCCCCCCCC(=O)NC(CO)C(O)/C=C/CCCCCCCCCCCCCCCCCCC. The Bertz CT molecular complexity index is 1270. The Labute approximate surface area is 454 Å². The number of hydrogen-bond donors (Lipinski definition) is 3. The smallest absolute Gasteiger partial charge is 0.305 e. The molecule has 73 heavy (non-hydrogen) atoms. The summed E-state index contributed by atoms with van der Waals surface area (Å²) in [5, 5.41) is 23.2. The first-order chi connectivity index (χ1) is 36.0. The second-order valence-corrected chi connectivity index (χ2v) is 21.7. The molecule has 0 fully saturated rings. The molecule has 2 unspecified atom stereocenters. The number of esters is 1. The first-order valence-electron chi connectivity index (χ1n) is 32.1.